The average molecular weight is 346 g/mol. The third kappa shape index (κ3) is 2.64. The van der Waals surface area contributed by atoms with Gasteiger partial charge in [0, 0.05) is 39.0 Å². The van der Waals surface area contributed by atoms with Gasteiger partial charge in [0.05, 0.1) is 11.0 Å². The molecule has 0 bridgehead atoms. The molecule has 2 aliphatic heterocycles. The van der Waals surface area contributed by atoms with Crippen LogP contribution < -0.4 is 0 Å². The van der Waals surface area contributed by atoms with Crippen molar-refractivity contribution in [2.75, 3.05) is 32.9 Å². The molecule has 8 heteroatoms. The van der Waals surface area contributed by atoms with E-state index in [1.807, 2.05) is 0 Å². The Balaban J connectivity index is 1.83. The van der Waals surface area contributed by atoms with Crippen LogP contribution in [0.25, 0.3) is 0 Å². The van der Waals surface area contributed by atoms with Crippen molar-refractivity contribution in [3.63, 3.8) is 0 Å². The molecule has 3 aliphatic rings. The number of hydrogen-bond donors (Lipinski definition) is 0. The van der Waals surface area contributed by atoms with E-state index in [1.54, 1.807) is 14.1 Å². The fourth-order valence-corrected chi connectivity index (χ4v) is 6.11. The number of nitrogens with zero attached hydrogens (tertiary/aromatic N) is 2. The Morgan fingerprint density at radius 1 is 1.22 bits per heavy atom. The number of halogens is 1. The molecule has 2 amide bonds. The minimum atomic E-state index is -3.34. The normalized spacial score (nSPS) is 34.4. The molecule has 0 unspecified atom stereocenters. The van der Waals surface area contributed by atoms with Crippen LogP contribution in [0.5, 0.6) is 0 Å². The molecule has 23 heavy (non-hydrogen) atoms. The maximum atomic E-state index is 14.4. The van der Waals surface area contributed by atoms with Crippen molar-refractivity contribution in [1.29, 1.82) is 0 Å². The molecular formula is C15H23FN2O4S. The molecule has 0 radical (unpaired) electrons. The van der Waals surface area contributed by atoms with E-state index in [1.165, 1.54) is 9.80 Å². The molecule has 1 saturated carbocycles. The van der Waals surface area contributed by atoms with Crippen molar-refractivity contribution in [2.45, 2.75) is 36.6 Å². The molecular weight excluding hydrogens is 323 g/mol. The van der Waals surface area contributed by atoms with Gasteiger partial charge in [-0.3, -0.25) is 9.59 Å². The highest BCUT2D eigenvalue weighted by molar-refractivity contribution is 7.92. The first-order valence-corrected chi connectivity index (χ1v) is 9.78. The Hall–Kier alpha value is -1.18. The molecule has 1 aliphatic carbocycles. The lowest BCUT2D eigenvalue weighted by molar-refractivity contribution is -0.149. The van der Waals surface area contributed by atoms with Crippen molar-refractivity contribution in [3.05, 3.63) is 0 Å². The van der Waals surface area contributed by atoms with Crippen molar-refractivity contribution in [3.8, 4) is 0 Å². The monoisotopic (exact) mass is 346 g/mol. The first kappa shape index (κ1) is 16.7. The zero-order valence-corrected chi connectivity index (χ0v) is 14.3. The average Bonchev–Trinajstić information content (AvgIpc) is 2.89. The number of sulfone groups is 1. The maximum Gasteiger partial charge on any atom is 0.260 e. The summed E-state index contributed by atoms with van der Waals surface area (Å²) in [6.07, 6.45) is 1.39. The second-order valence-electron chi connectivity index (χ2n) is 7.23. The van der Waals surface area contributed by atoms with Gasteiger partial charge in [0.1, 0.15) is 0 Å². The second kappa shape index (κ2) is 5.43. The van der Waals surface area contributed by atoms with Gasteiger partial charge in [-0.2, -0.15) is 0 Å². The van der Waals surface area contributed by atoms with Crippen LogP contribution in [-0.2, 0) is 19.4 Å². The van der Waals surface area contributed by atoms with Crippen LogP contribution in [0.2, 0.25) is 0 Å². The van der Waals surface area contributed by atoms with Gasteiger partial charge < -0.3 is 9.80 Å². The van der Waals surface area contributed by atoms with E-state index >= 15 is 0 Å². The Morgan fingerprint density at radius 3 is 2.39 bits per heavy atom. The van der Waals surface area contributed by atoms with Gasteiger partial charge in [-0.05, 0) is 25.7 Å². The molecule has 0 N–H and O–H groups in total. The Morgan fingerprint density at radius 2 is 1.87 bits per heavy atom. The maximum absolute atomic E-state index is 14.4. The third-order valence-electron chi connectivity index (χ3n) is 5.58. The van der Waals surface area contributed by atoms with Gasteiger partial charge in [-0.1, -0.05) is 0 Å². The first-order valence-electron chi connectivity index (χ1n) is 8.07. The van der Waals surface area contributed by atoms with Crippen molar-refractivity contribution < 1.29 is 22.4 Å². The van der Waals surface area contributed by atoms with Gasteiger partial charge in [0.2, 0.25) is 5.91 Å². The highest BCUT2D eigenvalue weighted by Crippen LogP contribution is 2.42. The number of carbonyl (C=O) groups excluding carboxylic acids is 2. The van der Waals surface area contributed by atoms with Gasteiger partial charge in [0.15, 0.2) is 15.5 Å². The van der Waals surface area contributed by atoms with E-state index in [-0.39, 0.29) is 44.0 Å². The topological polar surface area (TPSA) is 74.8 Å². The number of amides is 2. The van der Waals surface area contributed by atoms with Crippen LogP contribution in [0.4, 0.5) is 4.39 Å². The van der Waals surface area contributed by atoms with Gasteiger partial charge >= 0.3 is 0 Å². The van der Waals surface area contributed by atoms with Crippen LogP contribution in [-0.4, -0.2) is 73.9 Å². The van der Waals surface area contributed by atoms with Gasteiger partial charge in [0.25, 0.3) is 5.91 Å². The predicted molar refractivity (Wildman–Crippen MR) is 82.1 cm³/mol. The molecule has 3 rings (SSSR count). The summed E-state index contributed by atoms with van der Waals surface area (Å²) in [6, 6.07) is 0. The third-order valence-corrected chi connectivity index (χ3v) is 7.80. The summed E-state index contributed by atoms with van der Waals surface area (Å²) in [7, 11) is -0.0559. The number of rotatable bonds is 2. The molecule has 2 heterocycles. The summed E-state index contributed by atoms with van der Waals surface area (Å²) in [5.74, 6) is -1.57. The van der Waals surface area contributed by atoms with E-state index in [0.717, 1.165) is 0 Å². The van der Waals surface area contributed by atoms with Gasteiger partial charge in [-0.15, -0.1) is 0 Å². The summed E-state index contributed by atoms with van der Waals surface area (Å²) in [4.78, 5) is 27.5. The zero-order chi connectivity index (χ0) is 17.0. The van der Waals surface area contributed by atoms with E-state index in [2.05, 4.69) is 0 Å². The lowest BCUT2D eigenvalue weighted by Gasteiger charge is -2.35. The smallest absolute Gasteiger partial charge is 0.260 e. The number of carbonyl (C=O) groups is 2. The summed E-state index contributed by atoms with van der Waals surface area (Å²) in [5, 5.41) is -0.738. The zero-order valence-electron chi connectivity index (χ0n) is 13.5. The molecule has 0 spiro atoms. The van der Waals surface area contributed by atoms with Crippen LogP contribution in [0.1, 0.15) is 25.7 Å². The molecule has 3 fully saturated rings. The van der Waals surface area contributed by atoms with Crippen LogP contribution in [0.15, 0.2) is 0 Å². The highest BCUT2D eigenvalue weighted by atomic mass is 32.2. The Labute approximate surface area is 135 Å². The molecule has 130 valence electrons. The minimum absolute atomic E-state index is 0.0225. The molecule has 2 saturated heterocycles. The number of hydrogen-bond acceptors (Lipinski definition) is 4. The minimum Gasteiger partial charge on any atom is -0.349 e. The first-order chi connectivity index (χ1) is 10.7. The lowest BCUT2D eigenvalue weighted by Crippen LogP contribution is -2.50. The van der Waals surface area contributed by atoms with Crippen LogP contribution in [0, 0.1) is 11.8 Å². The molecule has 3 atom stereocenters. The summed E-state index contributed by atoms with van der Waals surface area (Å²) in [5.41, 5.74) is -1.82. The fraction of sp³-hybridized carbons (Fsp3) is 0.867. The van der Waals surface area contributed by atoms with E-state index in [0.29, 0.717) is 6.42 Å². The molecule has 0 aromatic rings. The van der Waals surface area contributed by atoms with E-state index in [4.69, 9.17) is 0 Å². The summed E-state index contributed by atoms with van der Waals surface area (Å²) in [6.45, 7) is 0.188. The largest absolute Gasteiger partial charge is 0.349 e. The number of likely N-dealkylation sites (tertiary alicyclic amines) is 1. The van der Waals surface area contributed by atoms with Crippen LogP contribution in [0.3, 0.4) is 0 Å². The lowest BCUT2D eigenvalue weighted by atomic mass is 9.81. The molecule has 6 nitrogen and oxygen atoms in total. The number of alkyl halides is 1. The fourth-order valence-electron chi connectivity index (χ4n) is 4.01. The standard InChI is InChI=1S/C15H23FN2O4S/c1-17(2)13(19)10-4-7-23(21,22)12-9-18(8-11(10)12)14(20)15(16)5-3-6-15/h10-12H,3-9H2,1-2H3/t10-,11+,12+/m0/s1. The van der Waals surface area contributed by atoms with E-state index in [9.17, 15) is 22.4 Å². The second-order valence-corrected chi connectivity index (χ2v) is 9.57. The number of fused-ring (bicyclic) bond motifs is 1. The van der Waals surface area contributed by atoms with Crippen molar-refractivity contribution in [2.24, 2.45) is 11.8 Å². The Bertz CT molecular complexity index is 629. The highest BCUT2D eigenvalue weighted by Gasteiger charge is 2.55. The predicted octanol–water partition coefficient (Wildman–Crippen LogP) is 0.229. The van der Waals surface area contributed by atoms with Crippen molar-refractivity contribution >= 4 is 21.7 Å². The summed E-state index contributed by atoms with van der Waals surface area (Å²) < 4.78 is 39.1. The van der Waals surface area contributed by atoms with Gasteiger partial charge in [-0.25, -0.2) is 12.8 Å². The SMILES string of the molecule is CN(C)C(=O)[C@H]1CCS(=O)(=O)[C@@H]2CN(C(=O)C3(F)CCC3)C[C@H]12. The Kier molecular flexibility index (Phi) is 3.93. The van der Waals surface area contributed by atoms with E-state index < -0.39 is 38.5 Å². The molecule has 0 aromatic heterocycles. The molecule has 0 aromatic carbocycles. The quantitative estimate of drug-likeness (QED) is 0.717. The summed E-state index contributed by atoms with van der Waals surface area (Å²) >= 11 is 0. The van der Waals surface area contributed by atoms with Crippen molar-refractivity contribution in [1.82, 2.24) is 9.80 Å². The van der Waals surface area contributed by atoms with Crippen LogP contribution >= 0.6 is 0 Å².